The van der Waals surface area contributed by atoms with Gasteiger partial charge in [-0.3, -0.25) is 14.9 Å². The normalized spacial score (nSPS) is 18.6. The third kappa shape index (κ3) is 8.28. The molecule has 0 unspecified atom stereocenters. The topological polar surface area (TPSA) is 108 Å². The van der Waals surface area contributed by atoms with E-state index < -0.39 is 19.3 Å². The van der Waals surface area contributed by atoms with Crippen LogP contribution >= 0.6 is 11.8 Å². The zero-order valence-electron chi connectivity index (χ0n) is 20.9. The lowest BCUT2D eigenvalue weighted by molar-refractivity contribution is -0.384. The lowest BCUT2D eigenvalue weighted by Crippen LogP contribution is -2.44. The van der Waals surface area contributed by atoms with Gasteiger partial charge in [0.05, 0.1) is 11.0 Å². The fourth-order valence-corrected chi connectivity index (χ4v) is 5.65. The van der Waals surface area contributed by atoms with E-state index in [0.717, 1.165) is 6.42 Å². The van der Waals surface area contributed by atoms with Crippen molar-refractivity contribution in [1.82, 2.24) is 4.90 Å². The molecule has 0 bridgehead atoms. The Bertz CT molecular complexity index is 858. The third-order valence-electron chi connectivity index (χ3n) is 6.23. The van der Waals surface area contributed by atoms with Gasteiger partial charge < -0.3 is 18.8 Å². The Morgan fingerprint density at radius 3 is 2.41 bits per heavy atom. The quantitative estimate of drug-likeness (QED) is 0.142. The van der Waals surface area contributed by atoms with Crippen LogP contribution in [0.4, 0.5) is 10.5 Å². The standard InChI is InChI=1S/C23H36N2O7SSi/c1-17(26)30-11-12-33-16-20-13-21(32-34(5,6)23(2,3)4)14-24(20)22(27)31-15-18-7-9-19(10-8-18)25(28)29/h7-10,20-21H,11-16H2,1-6H3/t20-,21+/m0/s1. The van der Waals surface area contributed by atoms with Gasteiger partial charge in [0, 0.05) is 43.1 Å². The first-order valence-electron chi connectivity index (χ1n) is 11.4. The van der Waals surface area contributed by atoms with Crippen LogP contribution < -0.4 is 0 Å². The Morgan fingerprint density at radius 2 is 1.85 bits per heavy atom. The first-order chi connectivity index (χ1) is 15.8. The van der Waals surface area contributed by atoms with Crippen molar-refractivity contribution in [3.8, 4) is 0 Å². The van der Waals surface area contributed by atoms with Crippen LogP contribution in [0.15, 0.2) is 24.3 Å². The number of carbonyl (C=O) groups excluding carboxylic acids is 2. The van der Waals surface area contributed by atoms with E-state index >= 15 is 0 Å². The fraction of sp³-hybridized carbons (Fsp3) is 0.652. The Labute approximate surface area is 206 Å². The summed E-state index contributed by atoms with van der Waals surface area (Å²) in [6.45, 7) is 13.2. The number of thioether (sulfide) groups is 1. The predicted molar refractivity (Wildman–Crippen MR) is 134 cm³/mol. The first kappa shape index (κ1) is 28.1. The summed E-state index contributed by atoms with van der Waals surface area (Å²) in [5.41, 5.74) is 0.672. The number of esters is 1. The number of hydrogen-bond donors (Lipinski definition) is 0. The van der Waals surface area contributed by atoms with Gasteiger partial charge in [0.25, 0.3) is 5.69 Å². The molecule has 2 atom stereocenters. The van der Waals surface area contributed by atoms with Crippen LogP contribution in [-0.4, -0.2) is 67.0 Å². The highest BCUT2D eigenvalue weighted by Crippen LogP contribution is 2.39. The summed E-state index contributed by atoms with van der Waals surface area (Å²) in [5, 5.41) is 10.9. The number of nitro groups is 1. The molecule has 1 saturated heterocycles. The van der Waals surface area contributed by atoms with Gasteiger partial charge in [-0.2, -0.15) is 11.8 Å². The molecule has 0 radical (unpaired) electrons. The second-order valence-corrected chi connectivity index (χ2v) is 15.8. The number of amides is 1. The Balaban J connectivity index is 2.00. The van der Waals surface area contributed by atoms with E-state index in [4.69, 9.17) is 13.9 Å². The van der Waals surface area contributed by atoms with E-state index in [1.807, 2.05) is 0 Å². The fourth-order valence-electron chi connectivity index (χ4n) is 3.34. The van der Waals surface area contributed by atoms with Crippen LogP contribution in [-0.2, 0) is 25.3 Å². The molecule has 1 aliphatic heterocycles. The highest BCUT2D eigenvalue weighted by Gasteiger charge is 2.43. The third-order valence-corrected chi connectivity index (χ3v) is 11.8. The Hall–Kier alpha value is -2.11. The molecule has 1 aromatic carbocycles. The summed E-state index contributed by atoms with van der Waals surface area (Å²) in [6.07, 6.45) is 0.233. The minimum absolute atomic E-state index is 0.00826. The van der Waals surface area contributed by atoms with Gasteiger partial charge in [-0.1, -0.05) is 20.8 Å². The monoisotopic (exact) mass is 512 g/mol. The lowest BCUT2D eigenvalue weighted by atomic mass is 10.2. The average Bonchev–Trinajstić information content (AvgIpc) is 3.12. The second-order valence-electron chi connectivity index (χ2n) is 9.94. The van der Waals surface area contributed by atoms with Crippen molar-refractivity contribution < 1.29 is 28.4 Å². The Morgan fingerprint density at radius 1 is 1.21 bits per heavy atom. The number of likely N-dealkylation sites (tertiary alicyclic amines) is 1. The number of nitrogens with zero attached hydrogens (tertiary/aromatic N) is 2. The molecule has 9 nitrogen and oxygen atoms in total. The molecule has 2 rings (SSSR count). The van der Waals surface area contributed by atoms with E-state index in [2.05, 4.69) is 33.9 Å². The van der Waals surface area contributed by atoms with Crippen molar-refractivity contribution >= 4 is 37.8 Å². The van der Waals surface area contributed by atoms with Crippen LogP contribution in [0.5, 0.6) is 0 Å². The molecule has 0 spiro atoms. The number of carbonyl (C=O) groups is 2. The van der Waals surface area contributed by atoms with Gasteiger partial charge in [0.15, 0.2) is 8.32 Å². The number of ether oxygens (including phenoxy) is 2. The minimum Gasteiger partial charge on any atom is -0.465 e. The van der Waals surface area contributed by atoms with Crippen LogP contribution in [0, 0.1) is 10.1 Å². The largest absolute Gasteiger partial charge is 0.465 e. The summed E-state index contributed by atoms with van der Waals surface area (Å²) >= 11 is 1.62. The molecule has 190 valence electrons. The van der Waals surface area contributed by atoms with Crippen molar-refractivity contribution in [3.05, 3.63) is 39.9 Å². The van der Waals surface area contributed by atoms with Crippen molar-refractivity contribution in [2.24, 2.45) is 0 Å². The number of hydrogen-bond acceptors (Lipinski definition) is 8. The van der Waals surface area contributed by atoms with Gasteiger partial charge in [-0.05, 0) is 42.2 Å². The molecule has 0 aromatic heterocycles. The van der Waals surface area contributed by atoms with Crippen molar-refractivity contribution in [2.75, 3.05) is 24.7 Å². The Kier molecular flexibility index (Phi) is 9.95. The average molecular weight is 513 g/mol. The second kappa shape index (κ2) is 12.0. The molecule has 1 amide bonds. The maximum atomic E-state index is 13.0. The molecule has 0 aliphatic carbocycles. The predicted octanol–water partition coefficient (Wildman–Crippen LogP) is 4.99. The van der Waals surface area contributed by atoms with Crippen LogP contribution in [0.3, 0.4) is 0 Å². The molecule has 1 aliphatic rings. The van der Waals surface area contributed by atoms with Gasteiger partial charge in [-0.15, -0.1) is 0 Å². The van der Waals surface area contributed by atoms with E-state index in [9.17, 15) is 19.7 Å². The summed E-state index contributed by atoms with van der Waals surface area (Å²) in [4.78, 5) is 36.0. The zero-order chi connectivity index (χ0) is 25.5. The molecule has 1 aromatic rings. The SMILES string of the molecule is CC(=O)OCCSC[C@@H]1C[C@@H](O[Si](C)(C)C(C)(C)C)CN1C(=O)OCc1ccc([N+](=O)[O-])cc1. The molecule has 1 fully saturated rings. The molecule has 1 heterocycles. The van der Waals surface area contributed by atoms with Gasteiger partial charge in [0.1, 0.15) is 13.2 Å². The van der Waals surface area contributed by atoms with Gasteiger partial charge >= 0.3 is 12.1 Å². The number of rotatable bonds is 10. The maximum absolute atomic E-state index is 13.0. The molecule has 34 heavy (non-hydrogen) atoms. The highest BCUT2D eigenvalue weighted by molar-refractivity contribution is 7.99. The van der Waals surface area contributed by atoms with E-state index in [0.29, 0.717) is 30.2 Å². The van der Waals surface area contributed by atoms with Crippen LogP contribution in [0.2, 0.25) is 18.1 Å². The first-order valence-corrected chi connectivity index (χ1v) is 15.4. The maximum Gasteiger partial charge on any atom is 0.410 e. The number of nitro benzene ring substituents is 1. The van der Waals surface area contributed by atoms with Crippen molar-refractivity contribution in [1.29, 1.82) is 0 Å². The van der Waals surface area contributed by atoms with Crippen LogP contribution in [0.25, 0.3) is 0 Å². The summed E-state index contributed by atoms with van der Waals surface area (Å²) < 4.78 is 17.1. The molecular formula is C23H36N2O7SSi. The van der Waals surface area contributed by atoms with Crippen molar-refractivity contribution in [3.63, 3.8) is 0 Å². The smallest absolute Gasteiger partial charge is 0.410 e. The zero-order valence-corrected chi connectivity index (χ0v) is 22.7. The summed E-state index contributed by atoms with van der Waals surface area (Å²) in [5.74, 6) is 1.03. The minimum atomic E-state index is -2.00. The van der Waals surface area contributed by atoms with Gasteiger partial charge in [-0.25, -0.2) is 4.79 Å². The van der Waals surface area contributed by atoms with E-state index in [1.54, 1.807) is 28.8 Å². The van der Waals surface area contributed by atoms with E-state index in [-0.39, 0.29) is 35.4 Å². The highest BCUT2D eigenvalue weighted by atomic mass is 32.2. The molecule has 11 heteroatoms. The molecule has 0 N–H and O–H groups in total. The van der Waals surface area contributed by atoms with Gasteiger partial charge in [0.2, 0.25) is 0 Å². The number of benzene rings is 1. The molecular weight excluding hydrogens is 476 g/mol. The molecule has 0 saturated carbocycles. The lowest BCUT2D eigenvalue weighted by Gasteiger charge is -2.38. The summed E-state index contributed by atoms with van der Waals surface area (Å²) in [6, 6.07) is 5.90. The van der Waals surface area contributed by atoms with E-state index in [1.165, 1.54) is 19.1 Å². The number of non-ortho nitro benzene ring substituents is 1. The van der Waals surface area contributed by atoms with Crippen LogP contribution in [0.1, 0.15) is 39.7 Å². The summed E-state index contributed by atoms with van der Waals surface area (Å²) in [7, 11) is -2.00. The van der Waals surface area contributed by atoms with Crippen molar-refractivity contribution in [2.45, 2.75) is 71.0 Å².